The number of ketones is 1. The third-order valence-corrected chi connectivity index (χ3v) is 15.3. The molecule has 2 bridgehead atoms. The molecule has 48 heavy (non-hydrogen) atoms. The summed E-state index contributed by atoms with van der Waals surface area (Å²) < 4.78 is 28.4. The molecule has 6 aliphatic carbocycles. The van der Waals surface area contributed by atoms with Crippen LogP contribution in [0.4, 0.5) is 0 Å². The lowest BCUT2D eigenvalue weighted by atomic mass is 9.32. The van der Waals surface area contributed by atoms with Crippen molar-refractivity contribution in [2.45, 2.75) is 77.0 Å². The summed E-state index contributed by atoms with van der Waals surface area (Å²) in [5, 5.41) is 25.9. The summed E-state index contributed by atoms with van der Waals surface area (Å²) in [7, 11) is -3.68. The van der Waals surface area contributed by atoms with Gasteiger partial charge in [-0.05, 0) is 78.5 Å². The van der Waals surface area contributed by atoms with Gasteiger partial charge in [0.25, 0.3) is 0 Å². The number of aliphatic hydroxyl groups excluding tert-OH is 1. The maximum Gasteiger partial charge on any atom is 0.211 e. The largest absolute Gasteiger partial charge is 0.393 e. The molecular weight excluding hydrogens is 619 g/mol. The van der Waals surface area contributed by atoms with Gasteiger partial charge in [-0.25, -0.2) is 8.42 Å². The number of aliphatic hydroxyl groups is 2. The van der Waals surface area contributed by atoms with E-state index >= 15 is 0 Å². The van der Waals surface area contributed by atoms with Crippen LogP contribution < -0.4 is 0 Å². The molecule has 0 aliphatic heterocycles. The van der Waals surface area contributed by atoms with Gasteiger partial charge in [-0.3, -0.25) is 4.79 Å². The Hall–Kier alpha value is -3.10. The smallest absolute Gasteiger partial charge is 0.211 e. The van der Waals surface area contributed by atoms with Crippen LogP contribution in [0.15, 0.2) is 96.6 Å². The van der Waals surface area contributed by atoms with Gasteiger partial charge in [-0.2, -0.15) is 4.31 Å². The van der Waals surface area contributed by atoms with Crippen LogP contribution in [0.5, 0.6) is 0 Å². The van der Waals surface area contributed by atoms with Crippen LogP contribution >= 0.6 is 0 Å². The minimum Gasteiger partial charge on any atom is -0.393 e. The molecule has 0 aromatic heterocycles. The summed E-state index contributed by atoms with van der Waals surface area (Å²) >= 11 is 0. The SMILES string of the molecule is CC12CCC(O)CC13C=CC1(C(C(=O)c4ccccc4)=C3)C2CCC2(C)C1CCC2(O)CN(Cc1cccc2ccccc12)S(C)(=O)=O. The minimum atomic E-state index is -3.68. The van der Waals surface area contributed by atoms with Gasteiger partial charge in [0.15, 0.2) is 5.78 Å². The number of carbonyl (C=O) groups is 1. The van der Waals surface area contributed by atoms with Gasteiger partial charge in [-0.15, -0.1) is 0 Å². The van der Waals surface area contributed by atoms with Gasteiger partial charge >= 0.3 is 0 Å². The Labute approximate surface area is 284 Å². The molecular formula is C41H47NO5S. The number of fused-ring (bicyclic) bond motifs is 2. The van der Waals surface area contributed by atoms with Crippen molar-refractivity contribution in [3.63, 3.8) is 0 Å². The van der Waals surface area contributed by atoms with Gasteiger partial charge in [-0.1, -0.05) is 105 Å². The average Bonchev–Trinajstić information content (AvgIpc) is 3.34. The van der Waals surface area contributed by atoms with Crippen LogP contribution in [0.2, 0.25) is 0 Å². The summed E-state index contributed by atoms with van der Waals surface area (Å²) in [4.78, 5) is 14.7. The molecule has 2 spiro atoms. The maximum absolute atomic E-state index is 14.7. The molecule has 2 N–H and O–H groups in total. The van der Waals surface area contributed by atoms with Crippen molar-refractivity contribution >= 4 is 26.6 Å². The van der Waals surface area contributed by atoms with E-state index in [2.05, 4.69) is 32.1 Å². The molecule has 0 saturated heterocycles. The second kappa shape index (κ2) is 10.7. The van der Waals surface area contributed by atoms with E-state index in [1.165, 1.54) is 10.6 Å². The molecule has 6 nitrogen and oxygen atoms in total. The van der Waals surface area contributed by atoms with E-state index in [4.69, 9.17) is 0 Å². The molecule has 3 fully saturated rings. The first-order chi connectivity index (χ1) is 22.8. The Bertz CT molecular complexity index is 1970. The summed E-state index contributed by atoms with van der Waals surface area (Å²) in [6.45, 7) is 4.72. The predicted octanol–water partition coefficient (Wildman–Crippen LogP) is 7.08. The monoisotopic (exact) mass is 665 g/mol. The molecule has 0 amide bonds. The standard InChI is InChI=1S/C41H47NO5S/c1-37-19-16-31(43)24-39(37)22-23-41(33(25-39)36(44)29-11-5-4-6-12-29)34(37)17-20-38(2)35(41)18-21-40(38,45)27-42(48(3,46)47)26-30-14-9-13-28-10-7-8-15-32(28)30/h4-15,22-23,25,31,34-35,43,45H,16-21,24,26-27H2,1-3H3. The number of hydrogen-bond acceptors (Lipinski definition) is 5. The molecule has 6 aliphatic rings. The summed E-state index contributed by atoms with van der Waals surface area (Å²) in [5.41, 5.74) is -0.650. The second-order valence-electron chi connectivity index (χ2n) is 16.2. The fourth-order valence-corrected chi connectivity index (χ4v) is 12.4. The fourth-order valence-electron chi connectivity index (χ4n) is 11.5. The van der Waals surface area contributed by atoms with Gasteiger partial charge in [0.2, 0.25) is 10.0 Å². The van der Waals surface area contributed by atoms with Gasteiger partial charge in [0.05, 0.1) is 18.0 Å². The van der Waals surface area contributed by atoms with Crippen molar-refractivity contribution in [2.24, 2.45) is 33.5 Å². The van der Waals surface area contributed by atoms with Crippen LogP contribution in [0.3, 0.4) is 0 Å². The Kier molecular flexibility index (Phi) is 7.16. The zero-order chi connectivity index (χ0) is 33.7. The lowest BCUT2D eigenvalue weighted by Gasteiger charge is -2.71. The molecule has 3 aromatic carbocycles. The molecule has 3 saturated carbocycles. The highest BCUT2D eigenvalue weighted by Gasteiger charge is 2.74. The number of nitrogens with zero attached hydrogens (tertiary/aromatic N) is 1. The lowest BCUT2D eigenvalue weighted by Crippen LogP contribution is -2.67. The Morgan fingerprint density at radius 2 is 1.52 bits per heavy atom. The van der Waals surface area contributed by atoms with Gasteiger partial charge in [0.1, 0.15) is 0 Å². The molecule has 8 atom stereocenters. The number of rotatable bonds is 7. The highest BCUT2D eigenvalue weighted by molar-refractivity contribution is 7.88. The highest BCUT2D eigenvalue weighted by atomic mass is 32.2. The van der Waals surface area contributed by atoms with Crippen LogP contribution in [0, 0.1) is 33.5 Å². The zero-order valence-electron chi connectivity index (χ0n) is 28.2. The van der Waals surface area contributed by atoms with Gasteiger partial charge in [0, 0.05) is 40.5 Å². The number of allylic oxidation sites excluding steroid dienone is 4. The fraction of sp³-hybridized carbons (Fsp3) is 0.488. The van der Waals surface area contributed by atoms with E-state index in [9.17, 15) is 23.4 Å². The topological polar surface area (TPSA) is 94.9 Å². The van der Waals surface area contributed by atoms with E-state index in [-0.39, 0.29) is 36.1 Å². The molecule has 0 heterocycles. The van der Waals surface area contributed by atoms with Crippen LogP contribution in [-0.2, 0) is 16.6 Å². The normalized spacial score (nSPS) is 38.4. The molecule has 3 aromatic rings. The van der Waals surface area contributed by atoms with E-state index < -0.39 is 38.0 Å². The summed E-state index contributed by atoms with van der Waals surface area (Å²) in [6.07, 6.45) is 12.7. The predicted molar refractivity (Wildman–Crippen MR) is 189 cm³/mol. The third kappa shape index (κ3) is 4.33. The summed E-state index contributed by atoms with van der Waals surface area (Å²) in [5.74, 6) is 0.155. The third-order valence-electron chi connectivity index (χ3n) is 14.1. The number of sulfonamides is 1. The number of Topliss-reactive ketones (excluding diaryl/α,β-unsaturated/α-hetero) is 1. The molecule has 7 heteroatoms. The summed E-state index contributed by atoms with van der Waals surface area (Å²) in [6, 6.07) is 23.5. The molecule has 0 radical (unpaired) electrons. The van der Waals surface area contributed by atoms with Crippen LogP contribution in [0.1, 0.15) is 74.7 Å². The highest BCUT2D eigenvalue weighted by Crippen LogP contribution is 2.78. The Balaban J connectivity index is 1.21. The van der Waals surface area contributed by atoms with Crippen molar-refractivity contribution in [1.82, 2.24) is 4.31 Å². The first-order valence-corrected chi connectivity index (χ1v) is 19.5. The Morgan fingerprint density at radius 3 is 2.29 bits per heavy atom. The van der Waals surface area contributed by atoms with Crippen molar-refractivity contribution < 1.29 is 23.4 Å². The van der Waals surface area contributed by atoms with E-state index in [1.807, 2.05) is 72.8 Å². The first kappa shape index (κ1) is 32.1. The van der Waals surface area contributed by atoms with Crippen molar-refractivity contribution in [1.29, 1.82) is 0 Å². The molecule has 8 unspecified atom stereocenters. The number of benzene rings is 3. The average molecular weight is 666 g/mol. The van der Waals surface area contributed by atoms with Crippen LogP contribution in [0.25, 0.3) is 10.8 Å². The van der Waals surface area contributed by atoms with E-state index in [0.29, 0.717) is 24.8 Å². The van der Waals surface area contributed by atoms with Gasteiger partial charge < -0.3 is 10.2 Å². The minimum absolute atomic E-state index is 0.00555. The van der Waals surface area contributed by atoms with Crippen LogP contribution in [-0.4, -0.2) is 53.2 Å². The molecule has 9 rings (SSSR count). The Morgan fingerprint density at radius 1 is 0.854 bits per heavy atom. The maximum atomic E-state index is 14.7. The first-order valence-electron chi connectivity index (χ1n) is 17.6. The number of hydrogen-bond donors (Lipinski definition) is 2. The van der Waals surface area contributed by atoms with Crippen molar-refractivity contribution in [3.8, 4) is 0 Å². The molecule has 252 valence electrons. The van der Waals surface area contributed by atoms with Crippen molar-refractivity contribution in [2.75, 3.05) is 12.8 Å². The second-order valence-corrected chi connectivity index (χ2v) is 18.2. The number of carbonyl (C=O) groups excluding carboxylic acids is 1. The van der Waals surface area contributed by atoms with E-state index in [0.717, 1.165) is 47.6 Å². The zero-order valence-corrected chi connectivity index (χ0v) is 29.0. The van der Waals surface area contributed by atoms with Crippen molar-refractivity contribution in [3.05, 3.63) is 108 Å². The lowest BCUT2D eigenvalue weighted by molar-refractivity contribution is -0.173. The quantitative estimate of drug-likeness (QED) is 0.208. The van der Waals surface area contributed by atoms with E-state index in [1.54, 1.807) is 0 Å².